The number of pyridine rings is 1. The first-order valence-electron chi connectivity index (χ1n) is 8.91. The first-order chi connectivity index (χ1) is 11.9. The van der Waals surface area contributed by atoms with Crippen LogP contribution < -0.4 is 15.4 Å². The van der Waals surface area contributed by atoms with Gasteiger partial charge in [-0.15, -0.1) is 0 Å². The number of hydrogen-bond donors (Lipinski definition) is 1. The van der Waals surface area contributed by atoms with E-state index in [0.717, 1.165) is 35.2 Å². The molecule has 25 heavy (non-hydrogen) atoms. The second kappa shape index (κ2) is 6.86. The maximum atomic E-state index is 6.10. The van der Waals surface area contributed by atoms with Crippen molar-refractivity contribution in [3.05, 3.63) is 35.4 Å². The average molecular weight is 341 g/mol. The summed E-state index contributed by atoms with van der Waals surface area (Å²) in [6, 6.07) is 4.00. The molecule has 6 heteroatoms. The molecule has 0 fully saturated rings. The van der Waals surface area contributed by atoms with Crippen molar-refractivity contribution in [2.75, 3.05) is 23.8 Å². The topological polar surface area (TPSA) is 77.2 Å². The van der Waals surface area contributed by atoms with Crippen molar-refractivity contribution < 1.29 is 4.74 Å². The average Bonchev–Trinajstić information content (AvgIpc) is 2.59. The lowest BCUT2D eigenvalue weighted by Crippen LogP contribution is -2.37. The quantitative estimate of drug-likeness (QED) is 0.914. The summed E-state index contributed by atoms with van der Waals surface area (Å²) < 4.78 is 5.98. The van der Waals surface area contributed by atoms with Gasteiger partial charge in [-0.2, -0.15) is 0 Å². The smallest absolute Gasteiger partial charge is 0.183 e. The molecule has 1 atom stereocenters. The number of aromatic nitrogens is 3. The number of nitrogen functional groups attached to an aromatic ring is 1. The molecule has 0 saturated carbocycles. The van der Waals surface area contributed by atoms with Gasteiger partial charge in [-0.3, -0.25) is 0 Å². The van der Waals surface area contributed by atoms with Crippen LogP contribution in [0.3, 0.4) is 0 Å². The Bertz CT molecular complexity index is 759. The molecule has 6 nitrogen and oxygen atoms in total. The number of fused-ring (bicyclic) bond motifs is 1. The van der Waals surface area contributed by atoms with Crippen molar-refractivity contribution in [1.82, 2.24) is 15.0 Å². The van der Waals surface area contributed by atoms with E-state index in [1.54, 1.807) is 6.20 Å². The second-order valence-electron chi connectivity index (χ2n) is 7.12. The fourth-order valence-corrected chi connectivity index (χ4v) is 3.14. The molecule has 3 heterocycles. The van der Waals surface area contributed by atoms with Gasteiger partial charge in [0, 0.05) is 17.7 Å². The van der Waals surface area contributed by atoms with Crippen LogP contribution in [-0.4, -0.2) is 28.1 Å². The van der Waals surface area contributed by atoms with Gasteiger partial charge in [0.2, 0.25) is 0 Å². The van der Waals surface area contributed by atoms with Gasteiger partial charge in [0.15, 0.2) is 11.6 Å². The van der Waals surface area contributed by atoms with Crippen LogP contribution >= 0.6 is 0 Å². The third kappa shape index (κ3) is 3.25. The van der Waals surface area contributed by atoms with Crippen LogP contribution in [0.1, 0.15) is 69.6 Å². The fraction of sp³-hybridized carbons (Fsp3) is 0.526. The molecule has 0 aliphatic carbocycles. The fourth-order valence-electron chi connectivity index (χ4n) is 3.14. The summed E-state index contributed by atoms with van der Waals surface area (Å²) >= 11 is 0. The highest BCUT2D eigenvalue weighted by Gasteiger charge is 2.30. The minimum absolute atomic E-state index is 0.0614. The van der Waals surface area contributed by atoms with Crippen molar-refractivity contribution >= 4 is 11.6 Å². The van der Waals surface area contributed by atoms with Crippen LogP contribution in [0.25, 0.3) is 0 Å². The molecule has 2 aromatic rings. The Morgan fingerprint density at radius 3 is 2.52 bits per heavy atom. The van der Waals surface area contributed by atoms with Crippen LogP contribution in [0.5, 0.6) is 5.75 Å². The van der Waals surface area contributed by atoms with E-state index in [2.05, 4.69) is 44.5 Å². The maximum absolute atomic E-state index is 6.10. The monoisotopic (exact) mass is 341 g/mol. The van der Waals surface area contributed by atoms with Crippen LogP contribution in [0.15, 0.2) is 18.3 Å². The van der Waals surface area contributed by atoms with E-state index in [4.69, 9.17) is 20.4 Å². The number of rotatable bonds is 4. The number of anilines is 2. The number of nitrogens with zero attached hydrogens (tertiary/aromatic N) is 4. The highest BCUT2D eigenvalue weighted by atomic mass is 16.5. The number of nitrogens with two attached hydrogens (primary N) is 1. The minimum Gasteiger partial charge on any atom is -0.486 e. The molecule has 1 aliphatic rings. The SMILES string of the molecule is CC(C)c1nc(C(C)C)c2c(n1)N(C(C)c1cccnc1N)CCO2. The zero-order valence-corrected chi connectivity index (χ0v) is 15.7. The highest BCUT2D eigenvalue weighted by Crippen LogP contribution is 2.40. The summed E-state index contributed by atoms with van der Waals surface area (Å²) in [4.78, 5) is 16.1. The Morgan fingerprint density at radius 2 is 1.88 bits per heavy atom. The van der Waals surface area contributed by atoms with E-state index in [-0.39, 0.29) is 17.9 Å². The molecule has 134 valence electrons. The Kier molecular flexibility index (Phi) is 4.79. The highest BCUT2D eigenvalue weighted by molar-refractivity contribution is 5.60. The van der Waals surface area contributed by atoms with Crippen molar-refractivity contribution in [3.8, 4) is 5.75 Å². The summed E-state index contributed by atoms with van der Waals surface area (Å²) in [5.41, 5.74) is 8.08. The number of hydrogen-bond acceptors (Lipinski definition) is 6. The molecule has 3 rings (SSSR count). The van der Waals surface area contributed by atoms with Gasteiger partial charge in [0.25, 0.3) is 0 Å². The van der Waals surface area contributed by atoms with Gasteiger partial charge in [0.05, 0.1) is 18.3 Å². The van der Waals surface area contributed by atoms with Crippen LogP contribution in [0.2, 0.25) is 0 Å². The lowest BCUT2D eigenvalue weighted by molar-refractivity contribution is 0.291. The Hall–Kier alpha value is -2.37. The zero-order chi connectivity index (χ0) is 18.1. The molecule has 0 radical (unpaired) electrons. The molecule has 0 spiro atoms. The normalized spacial score (nSPS) is 15.2. The molecule has 0 aromatic carbocycles. The van der Waals surface area contributed by atoms with Gasteiger partial charge in [-0.05, 0) is 18.9 Å². The largest absolute Gasteiger partial charge is 0.486 e. The minimum atomic E-state index is 0.0614. The van der Waals surface area contributed by atoms with E-state index < -0.39 is 0 Å². The predicted molar refractivity (Wildman–Crippen MR) is 100 cm³/mol. The van der Waals surface area contributed by atoms with E-state index in [0.29, 0.717) is 12.4 Å². The predicted octanol–water partition coefficient (Wildman–Crippen LogP) is 3.66. The summed E-state index contributed by atoms with van der Waals surface area (Å²) in [5.74, 6) is 3.61. The Balaban J connectivity index is 2.11. The first kappa shape index (κ1) is 17.5. The van der Waals surface area contributed by atoms with Crippen LogP contribution in [0, 0.1) is 0 Å². The Morgan fingerprint density at radius 1 is 1.12 bits per heavy atom. The standard InChI is InChI=1S/C19H27N5O/c1-11(2)15-16-19(23-18(22-15)12(3)4)24(9-10-25-16)13(5)14-7-6-8-21-17(14)20/h6-8,11-13H,9-10H2,1-5H3,(H2,20,21). The molecule has 0 bridgehead atoms. The molecular formula is C19H27N5O. The van der Waals surface area contributed by atoms with Gasteiger partial charge < -0.3 is 15.4 Å². The first-order valence-corrected chi connectivity index (χ1v) is 8.91. The van der Waals surface area contributed by atoms with Crippen molar-refractivity contribution in [1.29, 1.82) is 0 Å². The van der Waals surface area contributed by atoms with Gasteiger partial charge in [0.1, 0.15) is 18.2 Å². The molecule has 2 N–H and O–H groups in total. The summed E-state index contributed by atoms with van der Waals surface area (Å²) in [6.45, 7) is 12.0. The summed E-state index contributed by atoms with van der Waals surface area (Å²) in [6.07, 6.45) is 1.72. The third-order valence-electron chi connectivity index (χ3n) is 4.59. The molecule has 1 aliphatic heterocycles. The van der Waals surface area contributed by atoms with Crippen molar-refractivity contribution in [3.63, 3.8) is 0 Å². The second-order valence-corrected chi connectivity index (χ2v) is 7.12. The van der Waals surface area contributed by atoms with Crippen LogP contribution in [0.4, 0.5) is 11.6 Å². The zero-order valence-electron chi connectivity index (χ0n) is 15.7. The maximum Gasteiger partial charge on any atom is 0.183 e. The number of ether oxygens (including phenoxy) is 1. The van der Waals surface area contributed by atoms with E-state index in [9.17, 15) is 0 Å². The molecule has 2 aromatic heterocycles. The molecule has 0 saturated heterocycles. The molecule has 0 amide bonds. The van der Waals surface area contributed by atoms with E-state index in [1.807, 2.05) is 12.1 Å². The van der Waals surface area contributed by atoms with Crippen molar-refractivity contribution in [2.24, 2.45) is 0 Å². The summed E-state index contributed by atoms with van der Waals surface area (Å²) in [7, 11) is 0. The lowest BCUT2D eigenvalue weighted by Gasteiger charge is -2.36. The van der Waals surface area contributed by atoms with Crippen molar-refractivity contribution in [2.45, 2.75) is 52.5 Å². The van der Waals surface area contributed by atoms with Gasteiger partial charge in [-0.25, -0.2) is 15.0 Å². The van der Waals surface area contributed by atoms with Crippen LogP contribution in [-0.2, 0) is 0 Å². The van der Waals surface area contributed by atoms with E-state index >= 15 is 0 Å². The molecular weight excluding hydrogens is 314 g/mol. The van der Waals surface area contributed by atoms with Gasteiger partial charge >= 0.3 is 0 Å². The van der Waals surface area contributed by atoms with Gasteiger partial charge in [-0.1, -0.05) is 33.8 Å². The third-order valence-corrected chi connectivity index (χ3v) is 4.59. The molecule has 1 unspecified atom stereocenters. The Labute approximate surface area is 149 Å². The van der Waals surface area contributed by atoms with E-state index in [1.165, 1.54) is 0 Å². The lowest BCUT2D eigenvalue weighted by atomic mass is 10.0. The summed E-state index contributed by atoms with van der Waals surface area (Å²) in [5, 5.41) is 0.